The lowest BCUT2D eigenvalue weighted by molar-refractivity contribution is -0.114. The summed E-state index contributed by atoms with van der Waals surface area (Å²) in [5.41, 5.74) is 4.80. The molecule has 0 radical (unpaired) electrons. The summed E-state index contributed by atoms with van der Waals surface area (Å²) in [5, 5.41) is 3.22. The van der Waals surface area contributed by atoms with Crippen LogP contribution in [0.3, 0.4) is 0 Å². The molecular formula is C31H32N2O2S. The number of carbonyl (C=O) groups is 2. The first-order chi connectivity index (χ1) is 17.5. The summed E-state index contributed by atoms with van der Waals surface area (Å²) in [7, 11) is 0. The molecule has 1 saturated carbocycles. The lowest BCUT2D eigenvalue weighted by atomic mass is 9.86. The quantitative estimate of drug-likeness (QED) is 0.388. The number of carbonyl (C=O) groups excluding carboxylic acids is 2. The van der Waals surface area contributed by atoms with Gasteiger partial charge in [0.2, 0.25) is 0 Å². The van der Waals surface area contributed by atoms with Crippen LogP contribution in [0.1, 0.15) is 59.7 Å². The minimum atomic E-state index is -0.0192. The number of rotatable bonds is 5. The van der Waals surface area contributed by atoms with Crippen LogP contribution >= 0.6 is 11.8 Å². The zero-order chi connectivity index (χ0) is 25.1. The predicted octanol–water partition coefficient (Wildman–Crippen LogP) is 6.98. The molecule has 2 amide bonds. The third-order valence-electron chi connectivity index (χ3n) is 7.19. The highest BCUT2D eigenvalue weighted by Crippen LogP contribution is 2.42. The number of thioether (sulfide) groups is 1. The van der Waals surface area contributed by atoms with Gasteiger partial charge in [-0.3, -0.25) is 9.59 Å². The number of benzene rings is 3. The highest BCUT2D eigenvalue weighted by atomic mass is 32.2. The van der Waals surface area contributed by atoms with Gasteiger partial charge in [0.1, 0.15) is 0 Å². The van der Waals surface area contributed by atoms with Crippen LogP contribution < -0.4 is 10.2 Å². The molecule has 1 N–H and O–H groups in total. The van der Waals surface area contributed by atoms with Gasteiger partial charge in [0, 0.05) is 16.5 Å². The van der Waals surface area contributed by atoms with E-state index in [1.165, 1.54) is 36.6 Å². The van der Waals surface area contributed by atoms with Crippen molar-refractivity contribution in [2.24, 2.45) is 5.92 Å². The number of hydrogen-bond acceptors (Lipinski definition) is 3. The molecule has 3 aromatic carbocycles. The fourth-order valence-corrected chi connectivity index (χ4v) is 6.02. The smallest absolute Gasteiger partial charge is 0.265 e. The standard InChI is InChI=1S/C31H32N2O2S/c1-21-11-13-24(14-12-21)20-33-27-9-5-6-10-28(27)36-29(31(33)35)19-23-15-17-25(18-16-23)30(34)32-26-8-4-3-7-22(26)2/h5-6,9-19,22,26H,3-4,7-8,20H2,1-2H3,(H,32,34)/b29-19+/t22-,26+/m1/s1. The Morgan fingerprint density at radius 1 is 1.00 bits per heavy atom. The molecule has 5 heteroatoms. The van der Waals surface area contributed by atoms with Crippen molar-refractivity contribution in [3.05, 3.63) is 100.0 Å². The maximum atomic E-state index is 13.6. The molecule has 184 valence electrons. The summed E-state index contributed by atoms with van der Waals surface area (Å²) in [6.07, 6.45) is 6.58. The van der Waals surface area contributed by atoms with Gasteiger partial charge in [0.25, 0.3) is 11.8 Å². The lowest BCUT2D eigenvalue weighted by Gasteiger charge is -2.30. The topological polar surface area (TPSA) is 49.4 Å². The summed E-state index contributed by atoms with van der Waals surface area (Å²) in [6, 6.07) is 24.2. The Balaban J connectivity index is 1.35. The van der Waals surface area contributed by atoms with Crippen molar-refractivity contribution in [3.63, 3.8) is 0 Å². The number of fused-ring (bicyclic) bond motifs is 1. The first kappa shape index (κ1) is 24.4. The second-order valence-corrected chi connectivity index (χ2v) is 11.0. The third-order valence-corrected chi connectivity index (χ3v) is 8.27. The Morgan fingerprint density at radius 2 is 1.72 bits per heavy atom. The first-order valence-corrected chi connectivity index (χ1v) is 13.6. The summed E-state index contributed by atoms with van der Waals surface area (Å²) in [5.74, 6) is 0.494. The SMILES string of the molecule is Cc1ccc(CN2C(=O)/C(=C\c3ccc(C(=O)N[C@H]4CCCC[C@H]4C)cc3)Sc3ccccc32)cc1. The normalized spacial score (nSPS) is 20.8. The molecule has 0 unspecified atom stereocenters. The van der Waals surface area contributed by atoms with Crippen LogP contribution in [0.15, 0.2) is 82.6 Å². The highest BCUT2D eigenvalue weighted by Gasteiger charge is 2.29. The summed E-state index contributed by atoms with van der Waals surface area (Å²) < 4.78 is 0. The van der Waals surface area contributed by atoms with Gasteiger partial charge in [0.15, 0.2) is 0 Å². The fourth-order valence-electron chi connectivity index (χ4n) is 4.96. The van der Waals surface area contributed by atoms with E-state index < -0.39 is 0 Å². The minimum absolute atomic E-state index is 0.00705. The van der Waals surface area contributed by atoms with Crippen molar-refractivity contribution < 1.29 is 9.59 Å². The average molecular weight is 497 g/mol. The van der Waals surface area contributed by atoms with E-state index >= 15 is 0 Å². The molecule has 0 aromatic heterocycles. The van der Waals surface area contributed by atoms with Gasteiger partial charge in [0.05, 0.1) is 17.1 Å². The summed E-state index contributed by atoms with van der Waals surface area (Å²) in [4.78, 5) is 30.0. The van der Waals surface area contributed by atoms with Gasteiger partial charge in [-0.15, -0.1) is 0 Å². The van der Waals surface area contributed by atoms with Gasteiger partial charge in [-0.25, -0.2) is 0 Å². The second kappa shape index (κ2) is 10.8. The molecule has 0 bridgehead atoms. The fraction of sp³-hybridized carbons (Fsp3) is 0.290. The Kier molecular flexibility index (Phi) is 7.28. The molecule has 3 aromatic rings. The van der Waals surface area contributed by atoms with Crippen LogP contribution in [0, 0.1) is 12.8 Å². The Hall–Kier alpha value is -3.31. The van der Waals surface area contributed by atoms with E-state index in [1.54, 1.807) is 0 Å². The molecule has 2 aliphatic rings. The van der Waals surface area contributed by atoms with Crippen molar-refractivity contribution >= 4 is 35.3 Å². The predicted molar refractivity (Wildman–Crippen MR) is 148 cm³/mol. The molecule has 4 nitrogen and oxygen atoms in total. The molecule has 1 aliphatic carbocycles. The van der Waals surface area contributed by atoms with E-state index in [4.69, 9.17) is 0 Å². The van der Waals surface area contributed by atoms with Crippen molar-refractivity contribution in [1.82, 2.24) is 5.32 Å². The zero-order valence-electron chi connectivity index (χ0n) is 20.9. The number of hydrogen-bond donors (Lipinski definition) is 1. The van der Waals surface area contributed by atoms with E-state index in [0.29, 0.717) is 22.9 Å². The monoisotopic (exact) mass is 496 g/mol. The molecule has 0 spiro atoms. The number of para-hydroxylation sites is 1. The largest absolute Gasteiger partial charge is 0.349 e. The van der Waals surface area contributed by atoms with Crippen LogP contribution in [0.2, 0.25) is 0 Å². The Bertz CT molecular complexity index is 1280. The summed E-state index contributed by atoms with van der Waals surface area (Å²) >= 11 is 1.50. The van der Waals surface area contributed by atoms with Gasteiger partial charge in [-0.1, -0.05) is 85.6 Å². The maximum Gasteiger partial charge on any atom is 0.265 e. The molecular weight excluding hydrogens is 464 g/mol. The number of nitrogens with one attached hydrogen (secondary N) is 1. The van der Waals surface area contributed by atoms with Crippen LogP contribution in [0.25, 0.3) is 6.08 Å². The van der Waals surface area contributed by atoms with E-state index in [1.807, 2.05) is 53.4 Å². The number of anilines is 1. The average Bonchev–Trinajstić information content (AvgIpc) is 2.89. The van der Waals surface area contributed by atoms with Gasteiger partial charge in [-0.2, -0.15) is 0 Å². The van der Waals surface area contributed by atoms with E-state index in [0.717, 1.165) is 28.1 Å². The number of aryl methyl sites for hydroxylation is 1. The zero-order valence-corrected chi connectivity index (χ0v) is 21.7. The molecule has 1 aliphatic heterocycles. The molecule has 2 atom stereocenters. The number of nitrogens with zero attached hydrogens (tertiary/aromatic N) is 1. The van der Waals surface area contributed by atoms with E-state index in [2.05, 4.69) is 49.5 Å². The molecule has 0 saturated heterocycles. The molecule has 36 heavy (non-hydrogen) atoms. The van der Waals surface area contributed by atoms with Crippen LogP contribution in [0.5, 0.6) is 0 Å². The van der Waals surface area contributed by atoms with Crippen LogP contribution in [0.4, 0.5) is 5.69 Å². The van der Waals surface area contributed by atoms with E-state index in [-0.39, 0.29) is 17.9 Å². The third kappa shape index (κ3) is 5.41. The van der Waals surface area contributed by atoms with Gasteiger partial charge >= 0.3 is 0 Å². The minimum Gasteiger partial charge on any atom is -0.349 e. The maximum absolute atomic E-state index is 13.6. The summed E-state index contributed by atoms with van der Waals surface area (Å²) in [6.45, 7) is 4.80. The van der Waals surface area contributed by atoms with Gasteiger partial charge < -0.3 is 10.2 Å². The van der Waals surface area contributed by atoms with Crippen LogP contribution in [-0.4, -0.2) is 17.9 Å². The first-order valence-electron chi connectivity index (χ1n) is 12.7. The molecule has 5 rings (SSSR count). The van der Waals surface area contributed by atoms with Crippen molar-refractivity contribution in [2.45, 2.75) is 57.0 Å². The van der Waals surface area contributed by atoms with Crippen molar-refractivity contribution in [2.75, 3.05) is 4.90 Å². The Morgan fingerprint density at radius 3 is 2.47 bits per heavy atom. The highest BCUT2D eigenvalue weighted by molar-refractivity contribution is 8.04. The second-order valence-electron chi connectivity index (χ2n) is 9.92. The van der Waals surface area contributed by atoms with Crippen molar-refractivity contribution in [3.8, 4) is 0 Å². The molecule has 1 fully saturated rings. The van der Waals surface area contributed by atoms with E-state index in [9.17, 15) is 9.59 Å². The molecule has 1 heterocycles. The Labute approximate surface area is 217 Å². The number of amides is 2. The van der Waals surface area contributed by atoms with Crippen LogP contribution in [-0.2, 0) is 11.3 Å². The van der Waals surface area contributed by atoms with Crippen molar-refractivity contribution in [1.29, 1.82) is 0 Å². The van der Waals surface area contributed by atoms with Gasteiger partial charge in [-0.05, 0) is 67.2 Å². The lowest BCUT2D eigenvalue weighted by Crippen LogP contribution is -2.41.